The number of rotatable bonds is 1. The summed E-state index contributed by atoms with van der Waals surface area (Å²) in [4.78, 5) is 3.92. The van der Waals surface area contributed by atoms with Gasteiger partial charge in [-0.15, -0.1) is 0 Å². The SMILES string of the molecule is CC.c1cc(-c2cn[nH]c2)ccn1. The van der Waals surface area contributed by atoms with E-state index in [1.54, 1.807) is 18.6 Å². The third-order valence-corrected chi connectivity index (χ3v) is 1.51. The van der Waals surface area contributed by atoms with E-state index in [1.165, 1.54) is 0 Å². The largest absolute Gasteiger partial charge is 0.285 e. The van der Waals surface area contributed by atoms with Crippen molar-refractivity contribution in [3.63, 3.8) is 0 Å². The van der Waals surface area contributed by atoms with Gasteiger partial charge in [0, 0.05) is 24.2 Å². The van der Waals surface area contributed by atoms with Crippen LogP contribution in [0.5, 0.6) is 0 Å². The molecule has 13 heavy (non-hydrogen) atoms. The van der Waals surface area contributed by atoms with Gasteiger partial charge < -0.3 is 0 Å². The van der Waals surface area contributed by atoms with Gasteiger partial charge in [-0.3, -0.25) is 10.1 Å². The van der Waals surface area contributed by atoms with E-state index in [9.17, 15) is 0 Å². The minimum atomic E-state index is 1.09. The molecular weight excluding hydrogens is 162 g/mol. The maximum atomic E-state index is 3.92. The lowest BCUT2D eigenvalue weighted by Gasteiger charge is -1.91. The standard InChI is InChI=1S/C8H7N3.C2H6/c1-3-9-4-2-7(1)8-5-10-11-6-8;1-2/h1-6H,(H,10,11);1-2H3. The third-order valence-electron chi connectivity index (χ3n) is 1.51. The first-order valence-electron chi connectivity index (χ1n) is 4.36. The molecule has 0 unspecified atom stereocenters. The highest BCUT2D eigenvalue weighted by molar-refractivity contribution is 5.60. The van der Waals surface area contributed by atoms with Gasteiger partial charge in [-0.2, -0.15) is 5.10 Å². The Bertz CT molecular complexity index is 313. The second-order valence-corrected chi connectivity index (χ2v) is 2.22. The lowest BCUT2D eigenvalue weighted by Crippen LogP contribution is -1.73. The molecule has 3 nitrogen and oxygen atoms in total. The molecular formula is C10H13N3. The van der Waals surface area contributed by atoms with Crippen LogP contribution >= 0.6 is 0 Å². The normalized spacial score (nSPS) is 8.77. The number of hydrogen-bond donors (Lipinski definition) is 1. The maximum absolute atomic E-state index is 3.92. The van der Waals surface area contributed by atoms with Crippen molar-refractivity contribution < 1.29 is 0 Å². The summed E-state index contributed by atoms with van der Waals surface area (Å²) >= 11 is 0. The van der Waals surface area contributed by atoms with Gasteiger partial charge >= 0.3 is 0 Å². The first-order valence-corrected chi connectivity index (χ1v) is 4.36. The van der Waals surface area contributed by atoms with Crippen LogP contribution in [0.25, 0.3) is 11.1 Å². The number of aromatic amines is 1. The van der Waals surface area contributed by atoms with E-state index < -0.39 is 0 Å². The second-order valence-electron chi connectivity index (χ2n) is 2.22. The molecule has 0 bridgehead atoms. The number of aromatic nitrogens is 3. The van der Waals surface area contributed by atoms with Crippen LogP contribution in [0.15, 0.2) is 36.9 Å². The van der Waals surface area contributed by atoms with Gasteiger partial charge in [0.05, 0.1) is 6.20 Å². The number of pyridine rings is 1. The molecule has 0 radical (unpaired) electrons. The van der Waals surface area contributed by atoms with Crippen LogP contribution in [-0.4, -0.2) is 15.2 Å². The van der Waals surface area contributed by atoms with Crippen molar-refractivity contribution >= 4 is 0 Å². The summed E-state index contributed by atoms with van der Waals surface area (Å²) in [5.41, 5.74) is 2.22. The summed E-state index contributed by atoms with van der Waals surface area (Å²) in [6.07, 6.45) is 7.18. The molecule has 0 aromatic carbocycles. The first kappa shape index (κ1) is 9.45. The van der Waals surface area contributed by atoms with Crippen molar-refractivity contribution in [3.8, 4) is 11.1 Å². The summed E-state index contributed by atoms with van der Waals surface area (Å²) in [5.74, 6) is 0. The van der Waals surface area contributed by atoms with E-state index >= 15 is 0 Å². The van der Waals surface area contributed by atoms with E-state index in [0.29, 0.717) is 0 Å². The second kappa shape index (κ2) is 5.09. The van der Waals surface area contributed by atoms with E-state index in [1.807, 2.05) is 32.2 Å². The first-order chi connectivity index (χ1) is 6.47. The van der Waals surface area contributed by atoms with E-state index in [0.717, 1.165) is 11.1 Å². The van der Waals surface area contributed by atoms with Crippen molar-refractivity contribution in [3.05, 3.63) is 36.9 Å². The van der Waals surface area contributed by atoms with Crippen LogP contribution in [0.1, 0.15) is 13.8 Å². The van der Waals surface area contributed by atoms with Crippen molar-refractivity contribution in [2.24, 2.45) is 0 Å². The predicted molar refractivity (Wildman–Crippen MR) is 53.2 cm³/mol. The Labute approximate surface area is 77.8 Å². The lowest BCUT2D eigenvalue weighted by molar-refractivity contribution is 1.09. The molecule has 2 heterocycles. The summed E-state index contributed by atoms with van der Waals surface area (Å²) in [6, 6.07) is 3.90. The molecule has 0 amide bonds. The Hall–Kier alpha value is -1.64. The fraction of sp³-hybridized carbons (Fsp3) is 0.200. The molecule has 1 N–H and O–H groups in total. The molecule has 0 aliphatic carbocycles. The zero-order valence-electron chi connectivity index (χ0n) is 7.86. The van der Waals surface area contributed by atoms with Crippen molar-refractivity contribution in [2.75, 3.05) is 0 Å². The van der Waals surface area contributed by atoms with Gasteiger partial charge in [0.1, 0.15) is 0 Å². The quantitative estimate of drug-likeness (QED) is 0.723. The molecule has 2 aromatic rings. The third kappa shape index (κ3) is 2.40. The minimum absolute atomic E-state index is 1.09. The predicted octanol–water partition coefficient (Wildman–Crippen LogP) is 2.50. The minimum Gasteiger partial charge on any atom is -0.285 e. The van der Waals surface area contributed by atoms with Gasteiger partial charge in [-0.1, -0.05) is 13.8 Å². The number of nitrogens with zero attached hydrogens (tertiary/aromatic N) is 2. The van der Waals surface area contributed by atoms with Crippen molar-refractivity contribution in [1.29, 1.82) is 0 Å². The molecule has 3 heteroatoms. The average Bonchev–Trinajstić information content (AvgIpc) is 2.75. The molecule has 0 aliphatic heterocycles. The number of hydrogen-bond acceptors (Lipinski definition) is 2. The van der Waals surface area contributed by atoms with Crippen LogP contribution < -0.4 is 0 Å². The molecule has 68 valence electrons. The highest BCUT2D eigenvalue weighted by Gasteiger charge is 1.94. The van der Waals surface area contributed by atoms with Gasteiger partial charge in [0.15, 0.2) is 0 Å². The number of H-pyrrole nitrogens is 1. The molecule has 0 atom stereocenters. The van der Waals surface area contributed by atoms with Crippen molar-refractivity contribution in [1.82, 2.24) is 15.2 Å². The molecule has 0 spiro atoms. The Balaban J connectivity index is 0.000000396. The van der Waals surface area contributed by atoms with Gasteiger partial charge in [0.2, 0.25) is 0 Å². The Morgan fingerprint density at radius 2 is 1.77 bits per heavy atom. The Morgan fingerprint density at radius 3 is 2.31 bits per heavy atom. The molecule has 2 aromatic heterocycles. The van der Waals surface area contributed by atoms with E-state index in [-0.39, 0.29) is 0 Å². The molecule has 0 fully saturated rings. The highest BCUT2D eigenvalue weighted by atomic mass is 15.1. The monoisotopic (exact) mass is 175 g/mol. The fourth-order valence-electron chi connectivity index (χ4n) is 0.953. The topological polar surface area (TPSA) is 41.6 Å². The molecule has 2 rings (SSSR count). The van der Waals surface area contributed by atoms with E-state index in [4.69, 9.17) is 0 Å². The summed E-state index contributed by atoms with van der Waals surface area (Å²) < 4.78 is 0. The summed E-state index contributed by atoms with van der Waals surface area (Å²) in [7, 11) is 0. The highest BCUT2D eigenvalue weighted by Crippen LogP contribution is 2.14. The molecule has 0 saturated heterocycles. The van der Waals surface area contributed by atoms with Gasteiger partial charge in [0.25, 0.3) is 0 Å². The van der Waals surface area contributed by atoms with Gasteiger partial charge in [-0.25, -0.2) is 0 Å². The smallest absolute Gasteiger partial charge is 0.0565 e. The average molecular weight is 175 g/mol. The molecule has 0 saturated carbocycles. The Kier molecular flexibility index (Phi) is 3.70. The van der Waals surface area contributed by atoms with Crippen LogP contribution in [0.3, 0.4) is 0 Å². The lowest BCUT2D eigenvalue weighted by atomic mass is 10.2. The van der Waals surface area contributed by atoms with Crippen LogP contribution in [0.4, 0.5) is 0 Å². The summed E-state index contributed by atoms with van der Waals surface area (Å²) in [5, 5.41) is 6.61. The Morgan fingerprint density at radius 1 is 1.08 bits per heavy atom. The van der Waals surface area contributed by atoms with Crippen LogP contribution in [0.2, 0.25) is 0 Å². The van der Waals surface area contributed by atoms with Crippen molar-refractivity contribution in [2.45, 2.75) is 13.8 Å². The zero-order chi connectivity index (χ0) is 9.52. The van der Waals surface area contributed by atoms with Gasteiger partial charge in [-0.05, 0) is 17.7 Å². The maximum Gasteiger partial charge on any atom is 0.0565 e. The van der Waals surface area contributed by atoms with Crippen LogP contribution in [0, 0.1) is 0 Å². The zero-order valence-corrected chi connectivity index (χ0v) is 7.86. The van der Waals surface area contributed by atoms with Crippen LogP contribution in [-0.2, 0) is 0 Å². The molecule has 0 aliphatic rings. The summed E-state index contributed by atoms with van der Waals surface area (Å²) in [6.45, 7) is 4.00. The van der Waals surface area contributed by atoms with E-state index in [2.05, 4.69) is 15.2 Å². The fourth-order valence-corrected chi connectivity index (χ4v) is 0.953. The number of nitrogens with one attached hydrogen (secondary N) is 1.